The highest BCUT2D eigenvalue weighted by Gasteiger charge is 2.28. The number of amidine groups is 1. The maximum absolute atomic E-state index is 14.8. The van der Waals surface area contributed by atoms with Crippen molar-refractivity contribution in [3.63, 3.8) is 0 Å². The van der Waals surface area contributed by atoms with Crippen molar-refractivity contribution in [3.8, 4) is 11.4 Å². The van der Waals surface area contributed by atoms with Crippen LogP contribution in [0, 0.1) is 24.0 Å². The van der Waals surface area contributed by atoms with Gasteiger partial charge in [-0.05, 0) is 30.5 Å². The molecular formula is C25H27F2N7O3S. The van der Waals surface area contributed by atoms with Crippen LogP contribution in [0.3, 0.4) is 0 Å². The highest BCUT2D eigenvalue weighted by atomic mass is 32.2. The molecule has 1 aromatic carbocycles. The first-order valence-electron chi connectivity index (χ1n) is 11.6. The third-order valence-corrected chi connectivity index (χ3v) is 7.70. The number of hydrogen-bond donors (Lipinski definition) is 3. The molecule has 0 aliphatic carbocycles. The molecule has 0 saturated heterocycles. The van der Waals surface area contributed by atoms with E-state index in [9.17, 15) is 17.2 Å². The molecular weight excluding hydrogens is 516 g/mol. The highest BCUT2D eigenvalue weighted by Crippen LogP contribution is 2.32. The van der Waals surface area contributed by atoms with Crippen LogP contribution >= 0.6 is 0 Å². The fraction of sp³-hybridized carbons (Fsp3) is 0.280. The number of fused-ring (bicyclic) bond motifs is 1. The minimum atomic E-state index is -4.12. The van der Waals surface area contributed by atoms with Crippen LogP contribution in [-0.4, -0.2) is 44.4 Å². The van der Waals surface area contributed by atoms with Gasteiger partial charge in [-0.1, -0.05) is 43.6 Å². The lowest BCUT2D eigenvalue weighted by Crippen LogP contribution is -2.38. The van der Waals surface area contributed by atoms with E-state index in [2.05, 4.69) is 25.4 Å². The Balaban J connectivity index is 1.85. The van der Waals surface area contributed by atoms with Gasteiger partial charge in [-0.2, -0.15) is 0 Å². The van der Waals surface area contributed by atoms with E-state index in [1.165, 1.54) is 18.3 Å². The molecule has 4 rings (SSSR count). The molecule has 0 bridgehead atoms. The molecule has 10 nitrogen and oxygen atoms in total. The summed E-state index contributed by atoms with van der Waals surface area (Å²) >= 11 is 0. The van der Waals surface area contributed by atoms with Crippen LogP contribution in [0.25, 0.3) is 22.4 Å². The number of halogens is 2. The van der Waals surface area contributed by atoms with Crippen molar-refractivity contribution in [3.05, 3.63) is 66.1 Å². The summed E-state index contributed by atoms with van der Waals surface area (Å²) in [6.07, 6.45) is 3.16. The van der Waals surface area contributed by atoms with Crippen LogP contribution in [-0.2, 0) is 10.0 Å². The SMILES string of the molecule is Cc1ccc(S(=O)(=O)n2cc(-c3ncc(F)c(NC(C/C(N)=N/O)C(C)(C)C)n3)c3cc(F)cnc32)cc1. The van der Waals surface area contributed by atoms with Crippen LogP contribution in [0.1, 0.15) is 32.8 Å². The maximum Gasteiger partial charge on any atom is 0.269 e. The lowest BCUT2D eigenvalue weighted by molar-refractivity contribution is 0.309. The van der Waals surface area contributed by atoms with Gasteiger partial charge in [0.2, 0.25) is 0 Å². The number of aryl methyl sites for hydroxylation is 1. The van der Waals surface area contributed by atoms with Gasteiger partial charge in [0.05, 0.1) is 17.3 Å². The second kappa shape index (κ2) is 9.97. The first-order chi connectivity index (χ1) is 17.8. The van der Waals surface area contributed by atoms with E-state index in [-0.39, 0.29) is 45.4 Å². The number of oxime groups is 1. The van der Waals surface area contributed by atoms with Gasteiger partial charge < -0.3 is 16.3 Å². The summed E-state index contributed by atoms with van der Waals surface area (Å²) in [7, 11) is -4.12. The van der Waals surface area contributed by atoms with E-state index < -0.39 is 33.1 Å². The predicted molar refractivity (Wildman–Crippen MR) is 139 cm³/mol. The quantitative estimate of drug-likeness (QED) is 0.135. The van der Waals surface area contributed by atoms with Gasteiger partial charge in [0.25, 0.3) is 10.0 Å². The number of hydrogen-bond acceptors (Lipinski definition) is 8. The van der Waals surface area contributed by atoms with Gasteiger partial charge in [-0.15, -0.1) is 0 Å². The first-order valence-corrected chi connectivity index (χ1v) is 13.0. The van der Waals surface area contributed by atoms with E-state index in [1.807, 2.05) is 27.7 Å². The Labute approximate surface area is 218 Å². The molecule has 0 aliphatic heterocycles. The average molecular weight is 544 g/mol. The van der Waals surface area contributed by atoms with Gasteiger partial charge in [-0.3, -0.25) is 0 Å². The molecule has 0 spiro atoms. The van der Waals surface area contributed by atoms with Crippen molar-refractivity contribution < 1.29 is 22.4 Å². The van der Waals surface area contributed by atoms with Gasteiger partial charge in [0.15, 0.2) is 23.1 Å². The molecule has 3 heterocycles. The third-order valence-electron chi connectivity index (χ3n) is 6.04. The zero-order valence-electron chi connectivity index (χ0n) is 21.1. The predicted octanol–water partition coefficient (Wildman–Crippen LogP) is 4.28. The molecule has 4 aromatic rings. The van der Waals surface area contributed by atoms with Gasteiger partial charge >= 0.3 is 0 Å². The normalized spacial score (nSPS) is 13.6. The fourth-order valence-electron chi connectivity index (χ4n) is 3.83. The highest BCUT2D eigenvalue weighted by molar-refractivity contribution is 7.90. The minimum Gasteiger partial charge on any atom is -0.409 e. The van der Waals surface area contributed by atoms with Crippen molar-refractivity contribution in [2.24, 2.45) is 16.3 Å². The summed E-state index contributed by atoms with van der Waals surface area (Å²) in [6.45, 7) is 7.48. The fourth-order valence-corrected chi connectivity index (χ4v) is 5.15. The second-order valence-electron chi connectivity index (χ2n) is 9.93. The van der Waals surface area contributed by atoms with E-state index in [4.69, 9.17) is 10.9 Å². The van der Waals surface area contributed by atoms with Gasteiger partial charge in [-0.25, -0.2) is 36.1 Å². The molecule has 4 N–H and O–H groups in total. The largest absolute Gasteiger partial charge is 0.409 e. The lowest BCUT2D eigenvalue weighted by atomic mass is 9.84. The van der Waals surface area contributed by atoms with E-state index in [0.717, 1.165) is 28.0 Å². The molecule has 3 aromatic heterocycles. The van der Waals surface area contributed by atoms with E-state index in [0.29, 0.717) is 0 Å². The summed E-state index contributed by atoms with van der Waals surface area (Å²) in [5, 5.41) is 15.1. The Bertz CT molecular complexity index is 1630. The lowest BCUT2D eigenvalue weighted by Gasteiger charge is -2.31. The summed E-state index contributed by atoms with van der Waals surface area (Å²) in [6, 6.07) is 6.86. The Morgan fingerprint density at radius 1 is 1.18 bits per heavy atom. The third kappa shape index (κ3) is 5.28. The number of nitrogens with two attached hydrogens (primary N) is 1. The van der Waals surface area contributed by atoms with Gasteiger partial charge in [0, 0.05) is 29.6 Å². The van der Waals surface area contributed by atoms with Crippen molar-refractivity contribution >= 4 is 32.7 Å². The zero-order valence-corrected chi connectivity index (χ0v) is 22.0. The standard InChI is InChI=1S/C25H27F2N7O3S/c1-14-5-7-16(8-6-14)38(36,37)34-13-18(17-9-15(26)11-30-24(17)34)22-29-12-19(27)23(32-22)31-20(25(2,3)4)10-21(28)33-35/h5-9,11-13,20,35H,10H2,1-4H3,(H2,28,33)(H,29,31,32). The molecule has 0 amide bonds. The molecule has 0 fully saturated rings. The van der Waals surface area contributed by atoms with Crippen molar-refractivity contribution in [2.75, 3.05) is 5.32 Å². The summed E-state index contributed by atoms with van der Waals surface area (Å²) in [4.78, 5) is 12.4. The molecule has 1 unspecified atom stereocenters. The number of nitrogens with zero attached hydrogens (tertiary/aromatic N) is 5. The van der Waals surface area contributed by atoms with Crippen molar-refractivity contribution in [1.82, 2.24) is 18.9 Å². The molecule has 0 radical (unpaired) electrons. The Morgan fingerprint density at radius 2 is 1.87 bits per heavy atom. The minimum absolute atomic E-state index is 0.0104. The molecule has 38 heavy (non-hydrogen) atoms. The zero-order chi connectivity index (χ0) is 27.8. The number of nitrogens with one attached hydrogen (secondary N) is 1. The molecule has 200 valence electrons. The number of anilines is 1. The summed E-state index contributed by atoms with van der Waals surface area (Å²) in [5.41, 5.74) is 6.20. The second-order valence-corrected chi connectivity index (χ2v) is 11.7. The topological polar surface area (TPSA) is 148 Å². The summed E-state index contributed by atoms with van der Waals surface area (Å²) in [5.74, 6) is -1.77. The van der Waals surface area contributed by atoms with Crippen LogP contribution in [0.5, 0.6) is 0 Å². The maximum atomic E-state index is 14.8. The van der Waals surface area contributed by atoms with E-state index in [1.54, 1.807) is 12.1 Å². The van der Waals surface area contributed by atoms with Crippen LogP contribution < -0.4 is 11.1 Å². The van der Waals surface area contributed by atoms with Crippen LogP contribution in [0.2, 0.25) is 0 Å². The monoisotopic (exact) mass is 543 g/mol. The Hall–Kier alpha value is -4.13. The first kappa shape index (κ1) is 26.9. The molecule has 0 aliphatic rings. The molecule has 1 atom stereocenters. The number of rotatable bonds is 7. The van der Waals surface area contributed by atoms with Crippen molar-refractivity contribution in [2.45, 2.75) is 45.1 Å². The average Bonchev–Trinajstić information content (AvgIpc) is 3.24. The number of pyridine rings is 1. The molecule has 13 heteroatoms. The van der Waals surface area contributed by atoms with Gasteiger partial charge in [0.1, 0.15) is 11.7 Å². The Morgan fingerprint density at radius 3 is 2.50 bits per heavy atom. The number of benzene rings is 1. The van der Waals surface area contributed by atoms with Crippen LogP contribution in [0.4, 0.5) is 14.6 Å². The van der Waals surface area contributed by atoms with E-state index >= 15 is 0 Å². The van der Waals surface area contributed by atoms with Crippen molar-refractivity contribution in [1.29, 1.82) is 0 Å². The number of aromatic nitrogens is 4. The molecule has 0 saturated carbocycles. The summed E-state index contributed by atoms with van der Waals surface area (Å²) < 4.78 is 56.9. The smallest absolute Gasteiger partial charge is 0.269 e. The Kier molecular flexibility index (Phi) is 7.06. The van der Waals surface area contributed by atoms with Crippen LogP contribution in [0.15, 0.2) is 59.0 Å².